The fourth-order valence-electron chi connectivity index (χ4n) is 1.52. The lowest BCUT2D eigenvalue weighted by atomic mass is 10.1. The maximum atomic E-state index is 13.5. The Balaban J connectivity index is 3.36. The van der Waals surface area contributed by atoms with Crippen molar-refractivity contribution in [2.45, 2.75) is 18.7 Å². The summed E-state index contributed by atoms with van der Waals surface area (Å²) in [4.78, 5) is 11.6. The van der Waals surface area contributed by atoms with Crippen molar-refractivity contribution in [1.82, 2.24) is 5.32 Å². The number of amides is 1. The minimum absolute atomic E-state index is 0.177. The van der Waals surface area contributed by atoms with Gasteiger partial charge in [0.25, 0.3) is 5.91 Å². The summed E-state index contributed by atoms with van der Waals surface area (Å²) in [6.07, 6.45) is 0.882. The van der Waals surface area contributed by atoms with E-state index in [1.807, 2.05) is 13.8 Å². The molecule has 0 saturated carbocycles. The summed E-state index contributed by atoms with van der Waals surface area (Å²) in [5, 5.41) is 11.3. The fourth-order valence-corrected chi connectivity index (χ4v) is 2.39. The minimum atomic E-state index is -3.77. The number of halogens is 1. The van der Waals surface area contributed by atoms with E-state index in [-0.39, 0.29) is 17.0 Å². The molecule has 5 nitrogen and oxygen atoms in total. The molecule has 0 bridgehead atoms. The molecule has 108 valence electrons. The molecule has 0 radical (unpaired) electrons. The SMILES string of the molecule is CC(C)CNC(=O)c1cc(C#N)c(F)cc1S(C)(=O)=O. The molecule has 1 rings (SSSR count). The summed E-state index contributed by atoms with van der Waals surface area (Å²) >= 11 is 0. The zero-order valence-corrected chi connectivity index (χ0v) is 12.2. The van der Waals surface area contributed by atoms with Crippen LogP contribution in [-0.4, -0.2) is 27.1 Å². The van der Waals surface area contributed by atoms with Gasteiger partial charge in [-0.05, 0) is 18.1 Å². The van der Waals surface area contributed by atoms with E-state index >= 15 is 0 Å². The van der Waals surface area contributed by atoms with Crippen LogP contribution >= 0.6 is 0 Å². The Morgan fingerprint density at radius 2 is 2.05 bits per heavy atom. The van der Waals surface area contributed by atoms with Crippen LogP contribution in [0.5, 0.6) is 0 Å². The number of nitrogens with one attached hydrogen (secondary N) is 1. The van der Waals surface area contributed by atoms with Crippen molar-refractivity contribution in [2.24, 2.45) is 5.92 Å². The van der Waals surface area contributed by atoms with Crippen molar-refractivity contribution in [3.05, 3.63) is 29.1 Å². The topological polar surface area (TPSA) is 87.0 Å². The van der Waals surface area contributed by atoms with Crippen LogP contribution in [0.2, 0.25) is 0 Å². The first-order valence-electron chi connectivity index (χ1n) is 5.88. The standard InChI is InChI=1S/C13H15FN2O3S/c1-8(2)7-16-13(17)10-4-9(6-15)11(14)5-12(10)20(3,18)19/h4-5,8H,7H2,1-3H3,(H,16,17). The molecule has 0 saturated heterocycles. The Morgan fingerprint density at radius 3 is 2.50 bits per heavy atom. The molecule has 1 amide bonds. The third-order valence-corrected chi connectivity index (χ3v) is 3.64. The van der Waals surface area contributed by atoms with Gasteiger partial charge in [0.05, 0.1) is 16.0 Å². The van der Waals surface area contributed by atoms with Gasteiger partial charge in [-0.2, -0.15) is 5.26 Å². The molecule has 20 heavy (non-hydrogen) atoms. The van der Waals surface area contributed by atoms with Crippen LogP contribution in [0.4, 0.5) is 4.39 Å². The van der Waals surface area contributed by atoms with Gasteiger partial charge in [0.15, 0.2) is 9.84 Å². The second-order valence-corrected chi connectivity index (χ2v) is 6.80. The molecule has 0 fully saturated rings. The Labute approximate surface area is 117 Å². The van der Waals surface area contributed by atoms with Gasteiger partial charge >= 0.3 is 0 Å². The summed E-state index contributed by atoms with van der Waals surface area (Å²) in [6.45, 7) is 4.10. The number of nitrogens with zero attached hydrogens (tertiary/aromatic N) is 1. The number of carbonyl (C=O) groups is 1. The molecular formula is C13H15FN2O3S. The van der Waals surface area contributed by atoms with Gasteiger partial charge < -0.3 is 5.32 Å². The summed E-state index contributed by atoms with van der Waals surface area (Å²) < 4.78 is 36.8. The molecule has 1 aromatic rings. The average molecular weight is 298 g/mol. The Morgan fingerprint density at radius 1 is 1.45 bits per heavy atom. The number of benzene rings is 1. The van der Waals surface area contributed by atoms with Crippen molar-refractivity contribution in [2.75, 3.05) is 12.8 Å². The van der Waals surface area contributed by atoms with Crippen LogP contribution in [0.3, 0.4) is 0 Å². The predicted octanol–water partition coefficient (Wildman–Crippen LogP) is 1.49. The van der Waals surface area contributed by atoms with Crippen LogP contribution in [0, 0.1) is 23.1 Å². The molecule has 1 N–H and O–H groups in total. The largest absolute Gasteiger partial charge is 0.352 e. The lowest BCUT2D eigenvalue weighted by Gasteiger charge is -2.11. The smallest absolute Gasteiger partial charge is 0.252 e. The highest BCUT2D eigenvalue weighted by Gasteiger charge is 2.22. The first-order chi connectivity index (χ1) is 9.16. The molecular weight excluding hydrogens is 283 g/mol. The number of carbonyl (C=O) groups excluding carboxylic acids is 1. The molecule has 7 heteroatoms. The normalized spacial score (nSPS) is 11.2. The van der Waals surface area contributed by atoms with E-state index in [4.69, 9.17) is 5.26 Å². The Kier molecular flexibility index (Phi) is 4.84. The molecule has 0 atom stereocenters. The van der Waals surface area contributed by atoms with Gasteiger partial charge in [0, 0.05) is 12.8 Å². The fraction of sp³-hybridized carbons (Fsp3) is 0.385. The van der Waals surface area contributed by atoms with Crippen molar-refractivity contribution < 1.29 is 17.6 Å². The van der Waals surface area contributed by atoms with Crippen molar-refractivity contribution in [3.63, 3.8) is 0 Å². The molecule has 0 unspecified atom stereocenters. The molecule has 1 aromatic carbocycles. The number of hydrogen-bond donors (Lipinski definition) is 1. The van der Waals surface area contributed by atoms with E-state index in [2.05, 4.69) is 5.32 Å². The summed E-state index contributed by atoms with van der Waals surface area (Å²) in [5.74, 6) is -1.43. The van der Waals surface area contributed by atoms with Gasteiger partial charge in [0.1, 0.15) is 11.9 Å². The quantitative estimate of drug-likeness (QED) is 0.912. The Bertz CT molecular complexity index is 676. The maximum absolute atomic E-state index is 13.5. The van der Waals surface area contributed by atoms with E-state index in [1.165, 1.54) is 0 Å². The summed E-state index contributed by atoms with van der Waals surface area (Å²) in [5.41, 5.74) is -0.585. The van der Waals surface area contributed by atoms with Crippen LogP contribution in [0.1, 0.15) is 29.8 Å². The second kappa shape index (κ2) is 6.01. The molecule has 0 aromatic heterocycles. The van der Waals surface area contributed by atoms with Gasteiger partial charge in [-0.3, -0.25) is 4.79 Å². The number of hydrogen-bond acceptors (Lipinski definition) is 4. The predicted molar refractivity (Wildman–Crippen MR) is 71.4 cm³/mol. The summed E-state index contributed by atoms with van der Waals surface area (Å²) in [6, 6.07) is 3.25. The number of nitriles is 1. The van der Waals surface area contributed by atoms with Crippen LogP contribution in [0.25, 0.3) is 0 Å². The van der Waals surface area contributed by atoms with E-state index < -0.39 is 26.5 Å². The van der Waals surface area contributed by atoms with Crippen molar-refractivity contribution >= 4 is 15.7 Å². The third-order valence-electron chi connectivity index (χ3n) is 2.50. The van der Waals surface area contributed by atoms with Gasteiger partial charge in [0.2, 0.25) is 0 Å². The lowest BCUT2D eigenvalue weighted by Crippen LogP contribution is -2.28. The molecule has 0 aliphatic rings. The summed E-state index contributed by atoms with van der Waals surface area (Å²) in [7, 11) is -3.77. The van der Waals surface area contributed by atoms with Crippen LogP contribution in [-0.2, 0) is 9.84 Å². The second-order valence-electron chi connectivity index (χ2n) is 4.82. The zero-order valence-electron chi connectivity index (χ0n) is 11.4. The number of sulfone groups is 1. The molecule has 0 aliphatic carbocycles. The number of rotatable bonds is 4. The van der Waals surface area contributed by atoms with Crippen molar-refractivity contribution in [3.8, 4) is 6.07 Å². The van der Waals surface area contributed by atoms with E-state index in [1.54, 1.807) is 6.07 Å². The first-order valence-corrected chi connectivity index (χ1v) is 7.78. The van der Waals surface area contributed by atoms with E-state index in [0.29, 0.717) is 12.6 Å². The zero-order chi connectivity index (χ0) is 15.5. The van der Waals surface area contributed by atoms with Crippen molar-refractivity contribution in [1.29, 1.82) is 5.26 Å². The molecule has 0 heterocycles. The third kappa shape index (κ3) is 3.78. The molecule has 0 spiro atoms. The van der Waals surface area contributed by atoms with E-state index in [9.17, 15) is 17.6 Å². The maximum Gasteiger partial charge on any atom is 0.252 e. The highest BCUT2D eigenvalue weighted by molar-refractivity contribution is 7.90. The Hall–Kier alpha value is -1.94. The lowest BCUT2D eigenvalue weighted by molar-refractivity contribution is 0.0945. The van der Waals surface area contributed by atoms with Crippen LogP contribution in [0.15, 0.2) is 17.0 Å². The van der Waals surface area contributed by atoms with Gasteiger partial charge in [-0.15, -0.1) is 0 Å². The van der Waals surface area contributed by atoms with Crippen LogP contribution < -0.4 is 5.32 Å². The van der Waals surface area contributed by atoms with Gasteiger partial charge in [-0.1, -0.05) is 13.8 Å². The highest BCUT2D eigenvalue weighted by Crippen LogP contribution is 2.20. The highest BCUT2D eigenvalue weighted by atomic mass is 32.2. The monoisotopic (exact) mass is 298 g/mol. The van der Waals surface area contributed by atoms with Gasteiger partial charge in [-0.25, -0.2) is 12.8 Å². The minimum Gasteiger partial charge on any atom is -0.352 e. The van der Waals surface area contributed by atoms with E-state index in [0.717, 1.165) is 12.3 Å². The average Bonchev–Trinajstić information content (AvgIpc) is 2.34. The first kappa shape index (κ1) is 16.1. The molecule has 0 aliphatic heterocycles.